The van der Waals surface area contributed by atoms with Gasteiger partial charge in [-0.3, -0.25) is 9.62 Å². The summed E-state index contributed by atoms with van der Waals surface area (Å²) < 4.78 is 83.6. The maximum Gasteiger partial charge on any atom is 0.268 e. The van der Waals surface area contributed by atoms with Gasteiger partial charge in [-0.05, 0) is 45.4 Å². The SMILES string of the molecule is CN(C1CC(F)C1)C1(C)CCN(c2cc(F)c(S(=O)(=O)Nc3cccc(F)n3)c(F)c2Cl)C1. The van der Waals surface area contributed by atoms with Crippen LogP contribution in [0.15, 0.2) is 29.2 Å². The zero-order chi connectivity index (χ0) is 24.1. The lowest BCUT2D eigenvalue weighted by Crippen LogP contribution is -2.55. The number of rotatable bonds is 6. The van der Waals surface area contributed by atoms with Crippen LogP contribution in [0.25, 0.3) is 0 Å². The number of nitrogens with zero attached hydrogens (tertiary/aromatic N) is 3. The highest BCUT2D eigenvalue weighted by Crippen LogP contribution is 2.41. The second-order valence-corrected chi connectivity index (χ2v) is 10.8. The molecule has 1 saturated heterocycles. The van der Waals surface area contributed by atoms with Gasteiger partial charge in [-0.15, -0.1) is 0 Å². The summed E-state index contributed by atoms with van der Waals surface area (Å²) >= 11 is 6.16. The van der Waals surface area contributed by atoms with Gasteiger partial charge in [-0.2, -0.15) is 4.39 Å². The number of likely N-dealkylation sites (N-methyl/N-ethyl adjacent to an activating group) is 1. The van der Waals surface area contributed by atoms with Gasteiger partial charge in [0.2, 0.25) is 5.95 Å². The molecule has 2 heterocycles. The molecular formula is C21H23ClF4N4O2S. The highest BCUT2D eigenvalue weighted by molar-refractivity contribution is 7.92. The maximum absolute atomic E-state index is 15.1. The minimum atomic E-state index is -4.78. The fourth-order valence-electron chi connectivity index (χ4n) is 4.41. The molecule has 1 saturated carbocycles. The standard InChI is InChI=1S/C21H23ClF4N4O2S/c1-21(29(2)13-8-12(23)9-13)6-7-30(11-21)15-10-14(24)20(19(26)18(15)22)33(31,32)28-17-5-3-4-16(25)27-17/h3-5,10,12-13H,6-9,11H2,1-2H3,(H,27,28). The number of hydrogen-bond donors (Lipinski definition) is 1. The molecule has 6 nitrogen and oxygen atoms in total. The van der Waals surface area contributed by atoms with Crippen molar-refractivity contribution in [2.75, 3.05) is 29.8 Å². The molecule has 4 rings (SSSR count). The zero-order valence-electron chi connectivity index (χ0n) is 18.0. The van der Waals surface area contributed by atoms with Gasteiger partial charge in [0.1, 0.15) is 22.8 Å². The van der Waals surface area contributed by atoms with Crippen LogP contribution in [0, 0.1) is 17.6 Å². The maximum atomic E-state index is 15.1. The second-order valence-electron chi connectivity index (χ2n) is 8.79. The molecular weight excluding hydrogens is 484 g/mol. The number of anilines is 2. The summed E-state index contributed by atoms with van der Waals surface area (Å²) in [5.41, 5.74) is -0.334. The smallest absolute Gasteiger partial charge is 0.268 e. The van der Waals surface area contributed by atoms with Crippen molar-refractivity contribution in [2.24, 2.45) is 0 Å². The molecule has 1 N–H and O–H groups in total. The van der Waals surface area contributed by atoms with Crippen molar-refractivity contribution in [3.63, 3.8) is 0 Å². The van der Waals surface area contributed by atoms with E-state index in [0.29, 0.717) is 32.4 Å². The Labute approximate surface area is 194 Å². The number of nitrogens with one attached hydrogen (secondary N) is 1. The van der Waals surface area contributed by atoms with Crippen molar-refractivity contribution in [1.82, 2.24) is 9.88 Å². The summed E-state index contributed by atoms with van der Waals surface area (Å²) in [5, 5.41) is -0.539. The summed E-state index contributed by atoms with van der Waals surface area (Å²) in [4.78, 5) is 5.85. The Hall–Kier alpha value is -2.11. The van der Waals surface area contributed by atoms with Crippen molar-refractivity contribution in [3.05, 3.63) is 46.9 Å². The number of aromatic nitrogens is 1. The summed E-state index contributed by atoms with van der Waals surface area (Å²) in [5.74, 6) is -4.18. The number of pyridine rings is 1. The van der Waals surface area contributed by atoms with Crippen LogP contribution in [-0.2, 0) is 10.0 Å². The van der Waals surface area contributed by atoms with Crippen LogP contribution in [0.3, 0.4) is 0 Å². The van der Waals surface area contributed by atoms with Crippen LogP contribution in [0.5, 0.6) is 0 Å². The van der Waals surface area contributed by atoms with Crippen molar-refractivity contribution in [2.45, 2.75) is 48.8 Å². The summed E-state index contributed by atoms with van der Waals surface area (Å²) in [7, 11) is -2.87. The molecule has 1 unspecified atom stereocenters. The predicted molar refractivity (Wildman–Crippen MR) is 117 cm³/mol. The molecule has 0 radical (unpaired) electrons. The van der Waals surface area contributed by atoms with E-state index in [2.05, 4.69) is 9.88 Å². The fraction of sp³-hybridized carbons (Fsp3) is 0.476. The largest absolute Gasteiger partial charge is 0.368 e. The quantitative estimate of drug-likeness (QED) is 0.358. The second kappa shape index (κ2) is 8.59. The van der Waals surface area contributed by atoms with Crippen molar-refractivity contribution in [1.29, 1.82) is 0 Å². The van der Waals surface area contributed by atoms with Crippen LogP contribution in [0.1, 0.15) is 26.2 Å². The lowest BCUT2D eigenvalue weighted by Gasteiger charge is -2.46. The van der Waals surface area contributed by atoms with E-state index in [-0.39, 0.29) is 17.3 Å². The van der Waals surface area contributed by atoms with E-state index in [1.165, 1.54) is 6.07 Å². The zero-order valence-corrected chi connectivity index (χ0v) is 19.5. The van der Waals surface area contributed by atoms with Crippen LogP contribution in [0.4, 0.5) is 29.1 Å². The van der Waals surface area contributed by atoms with Crippen LogP contribution in [-0.4, -0.2) is 56.2 Å². The monoisotopic (exact) mass is 506 g/mol. The van der Waals surface area contributed by atoms with Crippen molar-refractivity contribution < 1.29 is 26.0 Å². The molecule has 180 valence electrons. The molecule has 0 amide bonds. The summed E-state index contributed by atoms with van der Waals surface area (Å²) in [6.07, 6.45) is 0.761. The molecule has 1 atom stereocenters. The molecule has 33 heavy (non-hydrogen) atoms. The minimum absolute atomic E-state index is 0.0311. The Morgan fingerprint density at radius 1 is 1.27 bits per heavy atom. The van der Waals surface area contributed by atoms with E-state index in [1.807, 2.05) is 18.7 Å². The number of halogens is 5. The minimum Gasteiger partial charge on any atom is -0.368 e. The van der Waals surface area contributed by atoms with E-state index in [1.54, 1.807) is 4.90 Å². The highest BCUT2D eigenvalue weighted by Gasteiger charge is 2.45. The Morgan fingerprint density at radius 3 is 2.61 bits per heavy atom. The van der Waals surface area contributed by atoms with Gasteiger partial charge in [0.15, 0.2) is 10.7 Å². The third-order valence-corrected chi connectivity index (χ3v) is 8.32. The molecule has 1 aromatic heterocycles. The first-order valence-corrected chi connectivity index (χ1v) is 12.2. The molecule has 1 aliphatic heterocycles. The first-order valence-electron chi connectivity index (χ1n) is 10.4. The molecule has 1 aliphatic carbocycles. The van der Waals surface area contributed by atoms with Crippen LogP contribution >= 0.6 is 11.6 Å². The van der Waals surface area contributed by atoms with E-state index in [4.69, 9.17) is 11.6 Å². The first kappa shape index (κ1) is 24.0. The van der Waals surface area contributed by atoms with E-state index in [0.717, 1.165) is 18.2 Å². The summed E-state index contributed by atoms with van der Waals surface area (Å²) in [6.45, 7) is 2.81. The Kier molecular flexibility index (Phi) is 6.25. The number of benzene rings is 1. The van der Waals surface area contributed by atoms with Gasteiger partial charge >= 0.3 is 0 Å². The predicted octanol–water partition coefficient (Wildman–Crippen LogP) is 4.35. The van der Waals surface area contributed by atoms with Gasteiger partial charge in [0.25, 0.3) is 10.0 Å². The Balaban J connectivity index is 1.60. The molecule has 0 spiro atoms. The van der Waals surface area contributed by atoms with E-state index < -0.39 is 49.5 Å². The van der Waals surface area contributed by atoms with E-state index in [9.17, 15) is 21.6 Å². The highest BCUT2D eigenvalue weighted by atomic mass is 35.5. The molecule has 12 heteroatoms. The molecule has 2 fully saturated rings. The molecule has 2 aromatic rings. The average molecular weight is 507 g/mol. The van der Waals surface area contributed by atoms with Crippen molar-refractivity contribution >= 4 is 33.1 Å². The summed E-state index contributed by atoms with van der Waals surface area (Å²) in [6, 6.07) is 4.31. The third kappa shape index (κ3) is 4.50. The average Bonchev–Trinajstić information content (AvgIpc) is 3.10. The van der Waals surface area contributed by atoms with Gasteiger partial charge in [-0.1, -0.05) is 17.7 Å². The number of sulfonamides is 1. The number of alkyl halides is 1. The van der Waals surface area contributed by atoms with Crippen LogP contribution < -0.4 is 9.62 Å². The van der Waals surface area contributed by atoms with Crippen molar-refractivity contribution in [3.8, 4) is 0 Å². The third-order valence-electron chi connectivity index (χ3n) is 6.57. The topological polar surface area (TPSA) is 65.5 Å². The normalized spacial score (nSPS) is 25.4. The van der Waals surface area contributed by atoms with Gasteiger partial charge in [0, 0.05) is 30.7 Å². The first-order chi connectivity index (χ1) is 15.4. The Morgan fingerprint density at radius 2 is 1.97 bits per heavy atom. The Bertz CT molecular complexity index is 1180. The lowest BCUT2D eigenvalue weighted by atomic mass is 9.85. The molecule has 2 aliphatic rings. The lowest BCUT2D eigenvalue weighted by molar-refractivity contribution is 0.0116. The van der Waals surface area contributed by atoms with Gasteiger partial charge in [-0.25, -0.2) is 26.6 Å². The van der Waals surface area contributed by atoms with Crippen LogP contribution in [0.2, 0.25) is 5.02 Å². The molecule has 1 aromatic carbocycles. The van der Waals surface area contributed by atoms with Gasteiger partial charge < -0.3 is 4.90 Å². The van der Waals surface area contributed by atoms with Gasteiger partial charge in [0.05, 0.1) is 5.69 Å². The number of hydrogen-bond acceptors (Lipinski definition) is 5. The molecule has 0 bridgehead atoms. The van der Waals surface area contributed by atoms with E-state index >= 15 is 4.39 Å². The fourth-order valence-corrected chi connectivity index (χ4v) is 5.88.